The summed E-state index contributed by atoms with van der Waals surface area (Å²) in [5, 5.41) is 8.30. The summed E-state index contributed by atoms with van der Waals surface area (Å²) in [5.41, 5.74) is -4.14. The number of alkyl halides is 6. The van der Waals surface area contributed by atoms with Crippen molar-refractivity contribution in [3.05, 3.63) is 43.7 Å². The molecule has 8 nitrogen and oxygen atoms in total. The molecule has 0 spiro atoms. The number of oxime groups is 1. The van der Waals surface area contributed by atoms with Gasteiger partial charge in [0.15, 0.2) is 0 Å². The Bertz CT molecular complexity index is 1070. The van der Waals surface area contributed by atoms with Gasteiger partial charge in [0.1, 0.15) is 22.0 Å². The number of halogens is 6. The molecule has 0 saturated heterocycles. The number of H-pyrrole nitrogens is 2. The van der Waals surface area contributed by atoms with Gasteiger partial charge in [-0.15, -0.1) is 11.8 Å². The molecule has 2 aromatic heterocycles. The SMILES string of the molecule is Cn1[nH]c(C(F)(F)F)c(CSC2=NOC(C)(C)C2)c1=O.Cn1[nH]c(C(F)(F)F)cc1=O. The molecule has 1 aliphatic heterocycles. The molecule has 2 aromatic rings. The molecule has 31 heavy (non-hydrogen) atoms. The minimum atomic E-state index is -4.58. The lowest BCUT2D eigenvalue weighted by Gasteiger charge is -2.13. The first-order valence-corrected chi connectivity index (χ1v) is 9.56. The summed E-state index contributed by atoms with van der Waals surface area (Å²) in [5.74, 6) is -0.0940. The number of nitrogens with zero attached hydrogens (tertiary/aromatic N) is 3. The third-order valence-corrected chi connectivity index (χ3v) is 4.96. The normalized spacial score (nSPS) is 15.9. The van der Waals surface area contributed by atoms with Crippen molar-refractivity contribution in [3.63, 3.8) is 0 Å². The molecule has 0 aromatic carbocycles. The molecule has 0 saturated carbocycles. The quantitative estimate of drug-likeness (QED) is 0.652. The van der Waals surface area contributed by atoms with Crippen LogP contribution in [0.3, 0.4) is 0 Å². The van der Waals surface area contributed by atoms with Crippen molar-refractivity contribution in [1.82, 2.24) is 19.6 Å². The Morgan fingerprint density at radius 3 is 2.10 bits per heavy atom. The second-order valence-corrected chi connectivity index (χ2v) is 8.24. The molecule has 3 heterocycles. The summed E-state index contributed by atoms with van der Waals surface area (Å²) >= 11 is 1.09. The van der Waals surface area contributed by atoms with Crippen molar-refractivity contribution in [2.45, 2.75) is 44.0 Å². The number of aromatic nitrogens is 4. The fourth-order valence-electron chi connectivity index (χ4n) is 2.43. The van der Waals surface area contributed by atoms with Gasteiger partial charge in [0.2, 0.25) is 0 Å². The van der Waals surface area contributed by atoms with E-state index < -0.39 is 40.5 Å². The average Bonchev–Trinajstić information content (AvgIpc) is 3.23. The van der Waals surface area contributed by atoms with Gasteiger partial charge in [0.25, 0.3) is 11.1 Å². The van der Waals surface area contributed by atoms with E-state index in [-0.39, 0.29) is 11.3 Å². The van der Waals surface area contributed by atoms with Crippen LogP contribution in [0.2, 0.25) is 0 Å². The topological polar surface area (TPSA) is 97.2 Å². The Morgan fingerprint density at radius 2 is 1.71 bits per heavy atom. The van der Waals surface area contributed by atoms with Crippen LogP contribution in [-0.2, 0) is 37.0 Å². The largest absolute Gasteiger partial charge is 0.433 e. The smallest absolute Gasteiger partial charge is 0.389 e. The molecule has 3 rings (SSSR count). The van der Waals surface area contributed by atoms with E-state index in [1.54, 1.807) is 0 Å². The Morgan fingerprint density at radius 1 is 1.10 bits per heavy atom. The molecule has 2 N–H and O–H groups in total. The zero-order chi connectivity index (χ0) is 23.8. The maximum Gasteiger partial charge on any atom is 0.433 e. The molecule has 15 heteroatoms. The van der Waals surface area contributed by atoms with Crippen LogP contribution in [0.25, 0.3) is 0 Å². The van der Waals surface area contributed by atoms with E-state index in [9.17, 15) is 35.9 Å². The molecule has 174 valence electrons. The van der Waals surface area contributed by atoms with Crippen LogP contribution in [0.4, 0.5) is 26.3 Å². The van der Waals surface area contributed by atoms with Crippen molar-refractivity contribution in [1.29, 1.82) is 0 Å². The first-order chi connectivity index (χ1) is 14.0. The fourth-order valence-corrected chi connectivity index (χ4v) is 3.55. The Hall–Kier alpha value is -2.58. The molecule has 0 radical (unpaired) electrons. The van der Waals surface area contributed by atoms with Crippen molar-refractivity contribution in [3.8, 4) is 0 Å². The lowest BCUT2D eigenvalue weighted by Crippen LogP contribution is -2.18. The minimum Gasteiger partial charge on any atom is -0.389 e. The third-order valence-electron chi connectivity index (χ3n) is 3.97. The highest BCUT2D eigenvalue weighted by atomic mass is 32.2. The Kier molecular flexibility index (Phi) is 6.78. The minimum absolute atomic E-state index is 0.0940. The Labute approximate surface area is 175 Å². The van der Waals surface area contributed by atoms with Gasteiger partial charge in [0, 0.05) is 32.3 Å². The number of thioether (sulfide) groups is 1. The van der Waals surface area contributed by atoms with E-state index in [0.29, 0.717) is 17.5 Å². The summed E-state index contributed by atoms with van der Waals surface area (Å²) in [6.07, 6.45) is -8.53. The first-order valence-electron chi connectivity index (χ1n) is 8.57. The van der Waals surface area contributed by atoms with E-state index in [4.69, 9.17) is 4.84 Å². The maximum absolute atomic E-state index is 12.8. The lowest BCUT2D eigenvalue weighted by molar-refractivity contribution is -0.142. The Balaban J connectivity index is 0.000000262. The number of hydrogen-bond acceptors (Lipinski definition) is 5. The van der Waals surface area contributed by atoms with Gasteiger partial charge < -0.3 is 4.84 Å². The summed E-state index contributed by atoms with van der Waals surface area (Å²) in [7, 11) is 2.47. The second kappa shape index (κ2) is 8.51. The number of hydrogen-bond donors (Lipinski definition) is 2. The zero-order valence-corrected chi connectivity index (χ0v) is 17.6. The number of rotatable bonds is 2. The fraction of sp³-hybridized carbons (Fsp3) is 0.562. The van der Waals surface area contributed by atoms with E-state index in [1.807, 2.05) is 24.0 Å². The predicted molar refractivity (Wildman–Crippen MR) is 101 cm³/mol. The van der Waals surface area contributed by atoms with Crippen molar-refractivity contribution in [2.24, 2.45) is 19.3 Å². The molecule has 0 aliphatic carbocycles. The van der Waals surface area contributed by atoms with Crippen LogP contribution < -0.4 is 11.1 Å². The van der Waals surface area contributed by atoms with Crippen LogP contribution >= 0.6 is 11.8 Å². The molecule has 0 unspecified atom stereocenters. The van der Waals surface area contributed by atoms with Crippen molar-refractivity contribution in [2.75, 3.05) is 0 Å². The van der Waals surface area contributed by atoms with Gasteiger partial charge in [-0.25, -0.2) is 0 Å². The molecule has 1 aliphatic rings. The number of nitrogens with one attached hydrogen (secondary N) is 2. The standard InChI is InChI=1S/C11H14F3N3O2S.C5H5F3N2O/c1-10(2)4-7(16-19-10)20-5-6-8(11(12,13)14)15-17(3)9(6)18;1-10-4(11)2-3(9-10)5(6,7)8/h15H,4-5H2,1-3H3;2,9H,1H3. The van der Waals surface area contributed by atoms with Gasteiger partial charge in [0.05, 0.1) is 5.56 Å². The molecular formula is C16H19F6N5O3S. The second-order valence-electron chi connectivity index (χ2n) is 7.19. The van der Waals surface area contributed by atoms with Crippen LogP contribution in [0.1, 0.15) is 37.2 Å². The summed E-state index contributed by atoms with van der Waals surface area (Å²) in [6, 6.07) is 0.514. The summed E-state index contributed by atoms with van der Waals surface area (Å²) in [4.78, 5) is 27.4. The van der Waals surface area contributed by atoms with E-state index >= 15 is 0 Å². The maximum atomic E-state index is 12.8. The van der Waals surface area contributed by atoms with Gasteiger partial charge in [-0.2, -0.15) is 26.3 Å². The highest BCUT2D eigenvalue weighted by molar-refractivity contribution is 8.13. The van der Waals surface area contributed by atoms with E-state index in [2.05, 4.69) is 5.16 Å². The van der Waals surface area contributed by atoms with Crippen LogP contribution in [0.5, 0.6) is 0 Å². The summed E-state index contributed by atoms with van der Waals surface area (Å²) < 4.78 is 75.4. The van der Waals surface area contributed by atoms with Gasteiger partial charge in [-0.1, -0.05) is 5.16 Å². The zero-order valence-electron chi connectivity index (χ0n) is 16.7. The van der Waals surface area contributed by atoms with Gasteiger partial charge >= 0.3 is 12.4 Å². The molecule has 0 bridgehead atoms. The van der Waals surface area contributed by atoms with Crippen molar-refractivity contribution >= 4 is 16.8 Å². The monoisotopic (exact) mass is 475 g/mol. The number of aryl methyl sites for hydroxylation is 2. The lowest BCUT2D eigenvalue weighted by atomic mass is 10.1. The highest BCUT2D eigenvalue weighted by Crippen LogP contribution is 2.33. The van der Waals surface area contributed by atoms with Crippen molar-refractivity contribution < 1.29 is 31.2 Å². The molecular weight excluding hydrogens is 456 g/mol. The molecule has 0 atom stereocenters. The average molecular weight is 475 g/mol. The van der Waals surface area contributed by atoms with Crippen LogP contribution in [-0.4, -0.2) is 30.2 Å². The third kappa shape index (κ3) is 6.21. The van der Waals surface area contributed by atoms with E-state index in [0.717, 1.165) is 21.1 Å². The molecule has 0 fully saturated rings. The first kappa shape index (κ1) is 24.7. The van der Waals surface area contributed by atoms with E-state index in [1.165, 1.54) is 14.1 Å². The molecule has 0 amide bonds. The number of aromatic amines is 2. The highest BCUT2D eigenvalue weighted by Gasteiger charge is 2.38. The predicted octanol–water partition coefficient (Wildman–Crippen LogP) is 3.21. The van der Waals surface area contributed by atoms with Crippen LogP contribution in [0.15, 0.2) is 20.8 Å². The van der Waals surface area contributed by atoms with Gasteiger partial charge in [-0.05, 0) is 13.8 Å². The summed E-state index contributed by atoms with van der Waals surface area (Å²) in [6.45, 7) is 3.67. The van der Waals surface area contributed by atoms with Crippen LogP contribution in [0, 0.1) is 0 Å². The van der Waals surface area contributed by atoms with Gasteiger partial charge in [-0.3, -0.25) is 29.2 Å².